The Balaban J connectivity index is 1.59. The molecule has 118 valence electrons. The van der Waals surface area contributed by atoms with Gasteiger partial charge < -0.3 is 9.80 Å². The number of hydrogen-bond donors (Lipinski definition) is 0. The topological polar surface area (TPSA) is 19.4 Å². The average molecular weight is 433 g/mol. The van der Waals surface area contributed by atoms with E-state index in [1.54, 1.807) is 11.3 Å². The van der Waals surface area contributed by atoms with E-state index in [4.69, 9.17) is 4.98 Å². The largest absolute Gasteiger partial charge is 0.369 e. The summed E-state index contributed by atoms with van der Waals surface area (Å²) < 4.78 is 2.52. The number of fused-ring (bicyclic) bond motifs is 1. The molecule has 0 unspecified atom stereocenters. The van der Waals surface area contributed by atoms with Crippen LogP contribution in [0.25, 0.3) is 20.8 Å². The molecule has 0 saturated carbocycles. The second kappa shape index (κ2) is 6.37. The van der Waals surface area contributed by atoms with Crippen LogP contribution in [0.2, 0.25) is 0 Å². The molecule has 1 saturated heterocycles. The second-order valence-corrected chi connectivity index (χ2v) is 8.24. The molecule has 0 aliphatic carbocycles. The van der Waals surface area contributed by atoms with Gasteiger partial charge >= 0.3 is 0 Å². The number of benzene rings is 2. The lowest BCUT2D eigenvalue weighted by atomic mass is 10.2. The lowest BCUT2D eigenvalue weighted by Gasteiger charge is -2.34. The highest BCUT2D eigenvalue weighted by atomic mass is 125. The van der Waals surface area contributed by atoms with E-state index in [-0.39, 0.29) is 0 Å². The molecular weight excluding hydrogens is 415 g/mol. The summed E-state index contributed by atoms with van der Waals surface area (Å²) in [7, 11) is 2.19. The van der Waals surface area contributed by atoms with Crippen LogP contribution < -0.4 is 4.90 Å². The third kappa shape index (κ3) is 3.22. The molecule has 2 heterocycles. The molecule has 3 nitrogen and oxygen atoms in total. The van der Waals surface area contributed by atoms with Crippen LogP contribution in [0.5, 0.6) is 0 Å². The molecule has 0 N–H and O–H groups in total. The summed E-state index contributed by atoms with van der Waals surface area (Å²) >= 11 is 4.12. The van der Waals surface area contributed by atoms with Gasteiger partial charge in [-0.05, 0) is 72.1 Å². The first-order chi connectivity index (χ1) is 11.2. The minimum absolute atomic E-state index is 1.09. The Morgan fingerprint density at radius 3 is 2.48 bits per heavy atom. The van der Waals surface area contributed by atoms with E-state index in [1.807, 2.05) is 0 Å². The van der Waals surface area contributed by atoms with Crippen molar-refractivity contribution in [3.8, 4) is 10.6 Å². The minimum Gasteiger partial charge on any atom is -0.369 e. The number of anilines is 1. The van der Waals surface area contributed by atoms with Crippen LogP contribution in [0.15, 0.2) is 42.5 Å². The van der Waals surface area contributed by atoms with Gasteiger partial charge in [-0.25, -0.2) is 4.98 Å². The highest BCUT2D eigenvalue weighted by Crippen LogP contribution is 2.32. The maximum atomic E-state index is 4.77. The Kier molecular flexibility index (Phi) is 4.26. The van der Waals surface area contributed by atoms with Crippen molar-refractivity contribution < 1.29 is 0 Å². The molecule has 1 fully saturated rings. The van der Waals surface area contributed by atoms with E-state index in [0.29, 0.717) is 0 Å². The summed E-state index contributed by atoms with van der Waals surface area (Å²) in [5, 5.41) is 1.10. The molecule has 0 radical (unpaired) electrons. The van der Waals surface area contributed by atoms with Crippen LogP contribution in [-0.4, -0.2) is 43.1 Å². The minimum atomic E-state index is 1.09. The van der Waals surface area contributed by atoms with Crippen molar-refractivity contribution >= 4 is 49.8 Å². The summed E-state index contributed by atoms with van der Waals surface area (Å²) in [5.74, 6) is 0. The van der Waals surface area contributed by atoms with Gasteiger partial charge in [-0.15, -0.1) is 11.3 Å². The van der Waals surface area contributed by atoms with E-state index in [2.05, 4.69) is 81.9 Å². The summed E-state index contributed by atoms with van der Waals surface area (Å²) in [6.07, 6.45) is 0. The van der Waals surface area contributed by atoms with E-state index >= 15 is 0 Å². The molecule has 4 rings (SSSR count). The molecule has 0 bridgehead atoms. The van der Waals surface area contributed by atoms with Crippen LogP contribution in [0, 0.1) is 3.57 Å². The van der Waals surface area contributed by atoms with Gasteiger partial charge in [0.2, 0.25) is 0 Å². The van der Waals surface area contributed by atoms with E-state index in [0.717, 1.165) is 36.7 Å². The molecule has 1 aliphatic heterocycles. The van der Waals surface area contributed by atoms with Gasteiger partial charge in [0.15, 0.2) is 0 Å². The second-order valence-electron chi connectivity index (χ2n) is 5.97. The van der Waals surface area contributed by atoms with E-state index in [9.17, 15) is 0 Å². The average Bonchev–Trinajstić information content (AvgIpc) is 2.99. The van der Waals surface area contributed by atoms with Crippen LogP contribution in [-0.2, 0) is 0 Å². The van der Waals surface area contributed by atoms with Crippen molar-refractivity contribution in [2.45, 2.75) is 0 Å². The number of aromatic nitrogens is 1. The summed E-state index contributed by atoms with van der Waals surface area (Å²) in [6, 6.07) is 15.3. The van der Waals surface area contributed by atoms with Crippen molar-refractivity contribution in [2.75, 3.05) is 38.1 Å². The fourth-order valence-corrected chi connectivity index (χ4v) is 4.61. The Morgan fingerprint density at radius 1 is 1.00 bits per heavy atom. The summed E-state index contributed by atoms with van der Waals surface area (Å²) in [5.41, 5.74) is 3.62. The van der Waals surface area contributed by atoms with Gasteiger partial charge in [-0.3, -0.25) is 0 Å². The van der Waals surface area contributed by atoms with Gasteiger partial charge in [-0.1, -0.05) is 0 Å². The van der Waals surface area contributed by atoms with Crippen molar-refractivity contribution in [1.29, 1.82) is 0 Å². The SMILES string of the molecule is CN1CCN(c2ccc(-c3nc4ccc([125I])cc4s3)cc2)CC1. The number of thiazole rings is 1. The highest BCUT2D eigenvalue weighted by Gasteiger charge is 2.14. The Hall–Kier alpha value is -1.18. The summed E-state index contributed by atoms with van der Waals surface area (Å²) in [6.45, 7) is 4.49. The maximum absolute atomic E-state index is 4.77. The molecule has 23 heavy (non-hydrogen) atoms. The van der Waals surface area contributed by atoms with Gasteiger partial charge in [-0.2, -0.15) is 0 Å². The first kappa shape index (κ1) is 15.4. The Morgan fingerprint density at radius 2 is 1.74 bits per heavy atom. The number of rotatable bonds is 2. The van der Waals surface area contributed by atoms with Gasteiger partial charge in [0.25, 0.3) is 0 Å². The smallest absolute Gasteiger partial charge is 0.124 e. The zero-order valence-electron chi connectivity index (χ0n) is 13.0. The van der Waals surface area contributed by atoms with Crippen molar-refractivity contribution in [2.24, 2.45) is 0 Å². The molecule has 1 aliphatic rings. The fourth-order valence-electron chi connectivity index (χ4n) is 2.90. The Labute approximate surface area is 154 Å². The van der Waals surface area contributed by atoms with Crippen molar-refractivity contribution in [1.82, 2.24) is 9.88 Å². The fraction of sp³-hybridized carbons (Fsp3) is 0.278. The van der Waals surface area contributed by atoms with E-state index in [1.165, 1.54) is 19.5 Å². The Bertz CT molecular complexity index is 820. The summed E-state index contributed by atoms with van der Waals surface area (Å²) in [4.78, 5) is 9.62. The van der Waals surface area contributed by atoms with Gasteiger partial charge in [0.1, 0.15) is 5.01 Å². The van der Waals surface area contributed by atoms with Crippen LogP contribution >= 0.6 is 33.9 Å². The van der Waals surface area contributed by atoms with E-state index < -0.39 is 0 Å². The zero-order valence-corrected chi connectivity index (χ0v) is 16.0. The first-order valence-electron chi connectivity index (χ1n) is 7.79. The molecule has 0 spiro atoms. The molecule has 1 aromatic heterocycles. The lowest BCUT2D eigenvalue weighted by Crippen LogP contribution is -2.44. The standard InChI is InChI=1S/C18H18IN3S/c1-21-8-10-22(11-9-21)15-5-2-13(3-6-15)18-20-16-7-4-14(19)12-17(16)23-18/h2-7,12H,8-11H2,1H3/i19-2. The number of piperazine rings is 1. The normalized spacial score (nSPS) is 16.2. The number of nitrogens with zero attached hydrogens (tertiary/aromatic N) is 3. The van der Waals surface area contributed by atoms with Crippen molar-refractivity contribution in [3.63, 3.8) is 0 Å². The highest BCUT2D eigenvalue weighted by molar-refractivity contribution is 14.1. The number of likely N-dealkylation sites (N-methyl/N-ethyl adjacent to an activating group) is 1. The third-order valence-electron chi connectivity index (χ3n) is 4.33. The molecule has 5 heteroatoms. The maximum Gasteiger partial charge on any atom is 0.124 e. The molecule has 3 aromatic rings. The molecular formula is C18H18IN3S. The molecule has 0 atom stereocenters. The number of hydrogen-bond acceptors (Lipinski definition) is 4. The zero-order chi connectivity index (χ0) is 15.8. The molecule has 2 aromatic carbocycles. The predicted octanol–water partition coefficient (Wildman–Crippen LogP) is 4.32. The quantitative estimate of drug-likeness (QED) is 0.562. The molecule has 0 amide bonds. The monoisotopic (exact) mass is 433 g/mol. The predicted molar refractivity (Wildman–Crippen MR) is 107 cm³/mol. The lowest BCUT2D eigenvalue weighted by molar-refractivity contribution is 0.313. The first-order valence-corrected chi connectivity index (χ1v) is 9.68. The number of halogens is 1. The van der Waals surface area contributed by atoms with Gasteiger partial charge in [0, 0.05) is 41.0 Å². The van der Waals surface area contributed by atoms with Gasteiger partial charge in [0.05, 0.1) is 10.2 Å². The third-order valence-corrected chi connectivity index (χ3v) is 6.07. The van der Waals surface area contributed by atoms with Crippen LogP contribution in [0.3, 0.4) is 0 Å². The van der Waals surface area contributed by atoms with Crippen LogP contribution in [0.1, 0.15) is 0 Å². The van der Waals surface area contributed by atoms with Crippen molar-refractivity contribution in [3.05, 3.63) is 46.0 Å². The van der Waals surface area contributed by atoms with Crippen LogP contribution in [0.4, 0.5) is 5.69 Å².